The van der Waals surface area contributed by atoms with Gasteiger partial charge >= 0.3 is 5.69 Å². The van der Waals surface area contributed by atoms with Crippen molar-refractivity contribution in [1.82, 2.24) is 19.3 Å². The molecule has 0 saturated heterocycles. The first-order chi connectivity index (χ1) is 14.0. The third-order valence-corrected chi connectivity index (χ3v) is 5.42. The first-order valence-electron chi connectivity index (χ1n) is 9.16. The Balaban J connectivity index is 1.78. The molecule has 4 rings (SSSR count). The normalized spacial score (nSPS) is 12.2. The highest BCUT2D eigenvalue weighted by Crippen LogP contribution is 2.34. The summed E-state index contributed by atoms with van der Waals surface area (Å²) in [6.07, 6.45) is 1.96. The van der Waals surface area contributed by atoms with Gasteiger partial charge in [-0.15, -0.1) is 5.10 Å². The minimum Gasteiger partial charge on any atom is -0.363 e. The van der Waals surface area contributed by atoms with Crippen LogP contribution >= 0.6 is 11.6 Å². The standard InChI is InChI=1S/C21H20ClN5O2/c1-26-20(28)19(25-27(2)21(26)29)24-12-15(13-7-3-5-9-17(13)22)16-11-23-18-10-6-4-8-14(16)18/h3-11,15,23H,12H2,1-2H3,(H,24,25). The van der Waals surface area contributed by atoms with E-state index in [1.54, 1.807) is 0 Å². The van der Waals surface area contributed by atoms with E-state index in [-0.39, 0.29) is 11.7 Å². The van der Waals surface area contributed by atoms with Crippen LogP contribution in [0.15, 0.2) is 64.3 Å². The van der Waals surface area contributed by atoms with Gasteiger partial charge in [0.25, 0.3) is 5.56 Å². The van der Waals surface area contributed by atoms with Crippen LogP contribution in [0.25, 0.3) is 10.9 Å². The number of fused-ring (bicyclic) bond motifs is 1. The molecule has 2 aromatic carbocycles. The Morgan fingerprint density at radius 1 is 1.07 bits per heavy atom. The summed E-state index contributed by atoms with van der Waals surface area (Å²) in [5.41, 5.74) is 2.08. The summed E-state index contributed by atoms with van der Waals surface area (Å²) < 4.78 is 2.17. The van der Waals surface area contributed by atoms with Crippen LogP contribution in [0.4, 0.5) is 5.82 Å². The Morgan fingerprint density at radius 2 is 1.79 bits per heavy atom. The smallest absolute Gasteiger partial charge is 0.346 e. The van der Waals surface area contributed by atoms with Crippen molar-refractivity contribution in [3.63, 3.8) is 0 Å². The van der Waals surface area contributed by atoms with E-state index in [1.807, 2.05) is 48.7 Å². The van der Waals surface area contributed by atoms with Gasteiger partial charge in [-0.2, -0.15) is 0 Å². The van der Waals surface area contributed by atoms with Crippen molar-refractivity contribution < 1.29 is 0 Å². The fourth-order valence-corrected chi connectivity index (χ4v) is 3.80. The van der Waals surface area contributed by atoms with E-state index in [0.717, 1.165) is 31.3 Å². The van der Waals surface area contributed by atoms with E-state index < -0.39 is 11.2 Å². The Kier molecular flexibility index (Phi) is 4.98. The molecule has 4 aromatic rings. The van der Waals surface area contributed by atoms with E-state index >= 15 is 0 Å². The zero-order valence-corrected chi connectivity index (χ0v) is 16.8. The molecular formula is C21H20ClN5O2. The maximum absolute atomic E-state index is 12.4. The first-order valence-corrected chi connectivity index (χ1v) is 9.54. The fourth-order valence-electron chi connectivity index (χ4n) is 3.54. The second kappa shape index (κ2) is 7.60. The summed E-state index contributed by atoms with van der Waals surface area (Å²) >= 11 is 6.51. The van der Waals surface area contributed by atoms with Gasteiger partial charge in [-0.1, -0.05) is 48.0 Å². The van der Waals surface area contributed by atoms with Gasteiger partial charge in [-0.05, 0) is 23.3 Å². The van der Waals surface area contributed by atoms with Crippen LogP contribution < -0.4 is 16.6 Å². The highest BCUT2D eigenvalue weighted by molar-refractivity contribution is 6.31. The van der Waals surface area contributed by atoms with Crippen LogP contribution in [0, 0.1) is 0 Å². The lowest BCUT2D eigenvalue weighted by Gasteiger charge is -2.19. The summed E-state index contributed by atoms with van der Waals surface area (Å²) in [5, 5.41) is 8.94. The summed E-state index contributed by atoms with van der Waals surface area (Å²) in [6, 6.07) is 15.7. The van der Waals surface area contributed by atoms with Crippen LogP contribution in [0.1, 0.15) is 17.0 Å². The largest absolute Gasteiger partial charge is 0.363 e. The predicted octanol–water partition coefficient (Wildman–Crippen LogP) is 2.86. The molecule has 2 aromatic heterocycles. The second-order valence-electron chi connectivity index (χ2n) is 6.86. The topological polar surface area (TPSA) is 84.7 Å². The minimum atomic E-state index is -0.472. The average molecular weight is 410 g/mol. The number of halogens is 1. The fraction of sp³-hybridized carbons (Fsp3) is 0.190. The van der Waals surface area contributed by atoms with Crippen molar-refractivity contribution in [3.05, 3.63) is 91.7 Å². The van der Waals surface area contributed by atoms with Crippen LogP contribution in [0.3, 0.4) is 0 Å². The van der Waals surface area contributed by atoms with E-state index in [4.69, 9.17) is 11.6 Å². The van der Waals surface area contributed by atoms with E-state index in [0.29, 0.717) is 11.6 Å². The van der Waals surface area contributed by atoms with Gasteiger partial charge in [-0.3, -0.25) is 9.36 Å². The number of hydrogen-bond donors (Lipinski definition) is 2. The van der Waals surface area contributed by atoms with Gasteiger partial charge < -0.3 is 10.3 Å². The summed E-state index contributed by atoms with van der Waals surface area (Å²) in [5.74, 6) is -0.0184. The molecule has 0 amide bonds. The molecule has 2 heterocycles. The highest BCUT2D eigenvalue weighted by atomic mass is 35.5. The molecule has 0 bridgehead atoms. The van der Waals surface area contributed by atoms with E-state index in [1.165, 1.54) is 14.1 Å². The molecule has 2 N–H and O–H groups in total. The van der Waals surface area contributed by atoms with Crippen molar-refractivity contribution in [3.8, 4) is 0 Å². The number of aromatic nitrogens is 4. The van der Waals surface area contributed by atoms with Gasteiger partial charge in [0.15, 0.2) is 0 Å². The number of nitrogens with zero attached hydrogens (tertiary/aromatic N) is 3. The predicted molar refractivity (Wildman–Crippen MR) is 115 cm³/mol. The quantitative estimate of drug-likeness (QED) is 0.530. The molecular weight excluding hydrogens is 390 g/mol. The van der Waals surface area contributed by atoms with Crippen molar-refractivity contribution >= 4 is 28.3 Å². The zero-order chi connectivity index (χ0) is 20.5. The van der Waals surface area contributed by atoms with Crippen molar-refractivity contribution in [2.24, 2.45) is 14.1 Å². The molecule has 0 radical (unpaired) electrons. The minimum absolute atomic E-state index is 0.117. The third kappa shape index (κ3) is 3.45. The number of rotatable bonds is 5. The molecule has 0 saturated carbocycles. The summed E-state index contributed by atoms with van der Waals surface area (Å²) in [7, 11) is 2.95. The van der Waals surface area contributed by atoms with Gasteiger partial charge in [0.05, 0.1) is 0 Å². The maximum atomic E-state index is 12.4. The number of benzene rings is 2. The van der Waals surface area contributed by atoms with Gasteiger partial charge in [0, 0.05) is 48.7 Å². The molecule has 1 unspecified atom stereocenters. The Hall–Kier alpha value is -3.32. The van der Waals surface area contributed by atoms with Gasteiger partial charge in [-0.25, -0.2) is 9.48 Å². The molecule has 0 aliphatic heterocycles. The molecule has 148 valence electrons. The first kappa shape index (κ1) is 19.0. The van der Waals surface area contributed by atoms with E-state index in [2.05, 4.69) is 21.5 Å². The lowest BCUT2D eigenvalue weighted by Crippen LogP contribution is -2.40. The molecule has 0 spiro atoms. The Labute approximate surface area is 171 Å². The van der Waals surface area contributed by atoms with Gasteiger partial charge in [0.2, 0.25) is 5.82 Å². The average Bonchev–Trinajstić information content (AvgIpc) is 3.15. The molecule has 0 aliphatic carbocycles. The monoisotopic (exact) mass is 409 g/mol. The molecule has 1 atom stereocenters. The number of aromatic amines is 1. The van der Waals surface area contributed by atoms with Crippen molar-refractivity contribution in [2.75, 3.05) is 11.9 Å². The molecule has 0 fully saturated rings. The van der Waals surface area contributed by atoms with E-state index in [9.17, 15) is 9.59 Å². The van der Waals surface area contributed by atoms with Gasteiger partial charge in [0.1, 0.15) is 0 Å². The van der Waals surface area contributed by atoms with Crippen LogP contribution in [-0.4, -0.2) is 25.9 Å². The van der Waals surface area contributed by atoms with Crippen molar-refractivity contribution in [2.45, 2.75) is 5.92 Å². The number of anilines is 1. The number of para-hydroxylation sites is 1. The van der Waals surface area contributed by atoms with Crippen LogP contribution in [-0.2, 0) is 14.1 Å². The van der Waals surface area contributed by atoms with Crippen LogP contribution in [0.2, 0.25) is 5.02 Å². The Morgan fingerprint density at radius 3 is 2.59 bits per heavy atom. The summed E-state index contributed by atoms with van der Waals surface area (Å²) in [6.45, 7) is 0.381. The SMILES string of the molecule is Cn1nc(NCC(c2ccccc2Cl)c2c[nH]c3ccccc23)c(=O)n(C)c1=O. The molecule has 7 nitrogen and oxygen atoms in total. The zero-order valence-electron chi connectivity index (χ0n) is 16.0. The lowest BCUT2D eigenvalue weighted by atomic mass is 9.91. The summed E-state index contributed by atoms with van der Waals surface area (Å²) in [4.78, 5) is 27.6. The van der Waals surface area contributed by atoms with Crippen LogP contribution in [0.5, 0.6) is 0 Å². The number of hydrogen-bond acceptors (Lipinski definition) is 4. The highest BCUT2D eigenvalue weighted by Gasteiger charge is 2.21. The second-order valence-corrected chi connectivity index (χ2v) is 7.27. The molecule has 8 heteroatoms. The number of nitrogens with one attached hydrogen (secondary N) is 2. The third-order valence-electron chi connectivity index (χ3n) is 5.07. The number of aryl methyl sites for hydroxylation is 1. The Bertz CT molecular complexity index is 1300. The molecule has 29 heavy (non-hydrogen) atoms. The van der Waals surface area contributed by atoms with Crippen molar-refractivity contribution in [1.29, 1.82) is 0 Å². The lowest BCUT2D eigenvalue weighted by molar-refractivity contribution is 0.603. The maximum Gasteiger partial charge on any atom is 0.346 e. The molecule has 0 aliphatic rings. The number of H-pyrrole nitrogens is 1.